The topological polar surface area (TPSA) is 72.0 Å². The summed E-state index contributed by atoms with van der Waals surface area (Å²) in [5.74, 6) is 0.456. The number of hydrogen-bond acceptors (Lipinski definition) is 4. The average Bonchev–Trinajstić information content (AvgIpc) is 2.78. The van der Waals surface area contributed by atoms with Gasteiger partial charge in [-0.25, -0.2) is 0 Å². The Hall–Kier alpha value is -1.30. The van der Waals surface area contributed by atoms with Crippen molar-refractivity contribution in [2.24, 2.45) is 4.99 Å². The van der Waals surface area contributed by atoms with Crippen molar-refractivity contribution < 1.29 is 14.3 Å². The summed E-state index contributed by atoms with van der Waals surface area (Å²) >= 11 is 0. The van der Waals surface area contributed by atoms with Gasteiger partial charge >= 0.3 is 5.97 Å². The van der Waals surface area contributed by atoms with E-state index >= 15 is 0 Å². The largest absolute Gasteiger partial charge is 0.469 e. The normalized spacial score (nSPS) is 17.1. The third-order valence-corrected chi connectivity index (χ3v) is 3.62. The third-order valence-electron chi connectivity index (χ3n) is 3.62. The number of rotatable bonds is 7. The third kappa shape index (κ3) is 8.55. The van der Waals surface area contributed by atoms with Crippen molar-refractivity contribution in [3.05, 3.63) is 0 Å². The lowest BCUT2D eigenvalue weighted by atomic mass is 10.1. The van der Waals surface area contributed by atoms with Crippen LogP contribution in [0.25, 0.3) is 0 Å². The monoisotopic (exact) mass is 299 g/mol. The maximum atomic E-state index is 11.0. The van der Waals surface area contributed by atoms with Gasteiger partial charge in [-0.05, 0) is 12.8 Å². The number of hydrogen-bond donors (Lipinski definition) is 2. The van der Waals surface area contributed by atoms with E-state index in [0.717, 1.165) is 0 Å². The van der Waals surface area contributed by atoms with E-state index in [2.05, 4.69) is 20.4 Å². The molecule has 21 heavy (non-hydrogen) atoms. The predicted molar refractivity (Wildman–Crippen MR) is 83.4 cm³/mol. The van der Waals surface area contributed by atoms with Crippen LogP contribution in [0.15, 0.2) is 4.99 Å². The van der Waals surface area contributed by atoms with Crippen LogP contribution >= 0.6 is 0 Å². The maximum Gasteiger partial charge on any atom is 0.307 e. The zero-order valence-electron chi connectivity index (χ0n) is 13.3. The first-order valence-electron chi connectivity index (χ1n) is 7.89. The van der Waals surface area contributed by atoms with E-state index in [0.29, 0.717) is 38.2 Å². The molecule has 1 fully saturated rings. The SMILES string of the molecule is CN=C(NCCOC1CCCCCC1)NCCC(=O)OC. The van der Waals surface area contributed by atoms with Gasteiger partial charge in [-0.15, -0.1) is 0 Å². The molecule has 0 atom stereocenters. The molecule has 6 nitrogen and oxygen atoms in total. The highest BCUT2D eigenvalue weighted by Gasteiger charge is 2.12. The minimum Gasteiger partial charge on any atom is -0.469 e. The molecule has 0 aromatic rings. The van der Waals surface area contributed by atoms with Crippen molar-refractivity contribution in [2.45, 2.75) is 51.0 Å². The quantitative estimate of drug-likeness (QED) is 0.245. The number of carbonyl (C=O) groups excluding carboxylic acids is 1. The molecular formula is C15H29N3O3. The Balaban J connectivity index is 2.07. The van der Waals surface area contributed by atoms with Crippen molar-refractivity contribution in [2.75, 3.05) is 33.9 Å². The molecule has 2 N–H and O–H groups in total. The standard InChI is InChI=1S/C15H29N3O3/c1-16-15(17-10-9-14(19)20-2)18-11-12-21-13-7-5-3-4-6-8-13/h13H,3-12H2,1-2H3,(H2,16,17,18). The molecule has 0 unspecified atom stereocenters. The number of nitrogens with zero attached hydrogens (tertiary/aromatic N) is 1. The van der Waals surface area contributed by atoms with Crippen LogP contribution in [-0.4, -0.2) is 51.9 Å². The van der Waals surface area contributed by atoms with Crippen LogP contribution in [0.3, 0.4) is 0 Å². The molecule has 1 saturated carbocycles. The molecular weight excluding hydrogens is 270 g/mol. The van der Waals surface area contributed by atoms with Gasteiger partial charge in [0.2, 0.25) is 0 Å². The first kappa shape index (κ1) is 17.8. The molecule has 1 aliphatic carbocycles. The van der Waals surface area contributed by atoms with Gasteiger partial charge < -0.3 is 20.1 Å². The van der Waals surface area contributed by atoms with Gasteiger partial charge in [-0.2, -0.15) is 0 Å². The second kappa shape index (κ2) is 11.4. The van der Waals surface area contributed by atoms with Gasteiger partial charge in [0.15, 0.2) is 5.96 Å². The number of esters is 1. The molecule has 122 valence electrons. The van der Waals surface area contributed by atoms with E-state index in [1.165, 1.54) is 45.6 Å². The maximum absolute atomic E-state index is 11.0. The van der Waals surface area contributed by atoms with Gasteiger partial charge in [0, 0.05) is 20.1 Å². The van der Waals surface area contributed by atoms with Crippen LogP contribution in [0.4, 0.5) is 0 Å². The van der Waals surface area contributed by atoms with E-state index < -0.39 is 0 Å². The minimum absolute atomic E-state index is 0.227. The first-order chi connectivity index (χ1) is 10.3. The number of methoxy groups -OCH3 is 1. The lowest BCUT2D eigenvalue weighted by Crippen LogP contribution is -2.40. The molecule has 0 saturated heterocycles. The molecule has 0 aromatic heterocycles. The first-order valence-corrected chi connectivity index (χ1v) is 7.89. The molecule has 0 bridgehead atoms. The Bertz CT molecular complexity index is 313. The van der Waals surface area contributed by atoms with Crippen molar-refractivity contribution >= 4 is 11.9 Å². The molecule has 0 aliphatic heterocycles. The molecule has 0 radical (unpaired) electrons. The molecule has 1 aliphatic rings. The lowest BCUT2D eigenvalue weighted by Gasteiger charge is -2.16. The van der Waals surface area contributed by atoms with Gasteiger partial charge in [-0.1, -0.05) is 25.7 Å². The van der Waals surface area contributed by atoms with E-state index in [4.69, 9.17) is 4.74 Å². The highest BCUT2D eigenvalue weighted by molar-refractivity contribution is 5.80. The highest BCUT2D eigenvalue weighted by atomic mass is 16.5. The van der Waals surface area contributed by atoms with Gasteiger partial charge in [0.05, 0.1) is 26.2 Å². The summed E-state index contributed by atoms with van der Waals surface area (Å²) in [6.45, 7) is 1.91. The van der Waals surface area contributed by atoms with Crippen molar-refractivity contribution in [1.29, 1.82) is 0 Å². The van der Waals surface area contributed by atoms with E-state index in [9.17, 15) is 4.79 Å². The van der Waals surface area contributed by atoms with E-state index in [1.54, 1.807) is 7.05 Å². The van der Waals surface area contributed by atoms with Crippen LogP contribution in [0, 0.1) is 0 Å². The number of ether oxygens (including phenoxy) is 2. The van der Waals surface area contributed by atoms with E-state index in [-0.39, 0.29) is 5.97 Å². The summed E-state index contributed by atoms with van der Waals surface area (Å²) in [5.41, 5.74) is 0. The summed E-state index contributed by atoms with van der Waals surface area (Å²) in [5, 5.41) is 6.24. The Labute approximate surface area is 127 Å². The summed E-state index contributed by atoms with van der Waals surface area (Å²) < 4.78 is 10.5. The zero-order valence-corrected chi connectivity index (χ0v) is 13.3. The fourth-order valence-electron chi connectivity index (χ4n) is 2.41. The molecule has 1 rings (SSSR count). The minimum atomic E-state index is -0.227. The van der Waals surface area contributed by atoms with Gasteiger partial charge in [0.1, 0.15) is 0 Å². The summed E-state index contributed by atoms with van der Waals surface area (Å²) in [6.07, 6.45) is 8.38. The second-order valence-corrected chi connectivity index (χ2v) is 5.24. The number of guanidine groups is 1. The summed E-state index contributed by atoms with van der Waals surface area (Å²) in [6, 6.07) is 0. The molecule has 0 heterocycles. The number of carbonyl (C=O) groups is 1. The van der Waals surface area contributed by atoms with Crippen LogP contribution in [0.1, 0.15) is 44.9 Å². The molecule has 0 amide bonds. The Morgan fingerprint density at radius 2 is 1.81 bits per heavy atom. The number of aliphatic imine (C=N–C) groups is 1. The van der Waals surface area contributed by atoms with Crippen LogP contribution in [-0.2, 0) is 14.3 Å². The lowest BCUT2D eigenvalue weighted by molar-refractivity contribution is -0.140. The fourth-order valence-corrected chi connectivity index (χ4v) is 2.41. The predicted octanol–water partition coefficient (Wildman–Crippen LogP) is 1.45. The molecule has 0 spiro atoms. The Morgan fingerprint density at radius 1 is 1.14 bits per heavy atom. The molecule has 0 aromatic carbocycles. The smallest absolute Gasteiger partial charge is 0.307 e. The number of nitrogens with one attached hydrogen (secondary N) is 2. The zero-order chi connectivity index (χ0) is 15.3. The van der Waals surface area contributed by atoms with Crippen molar-refractivity contribution in [1.82, 2.24) is 10.6 Å². The van der Waals surface area contributed by atoms with Gasteiger partial charge in [-0.3, -0.25) is 9.79 Å². The fraction of sp³-hybridized carbons (Fsp3) is 0.867. The summed E-state index contributed by atoms with van der Waals surface area (Å²) in [4.78, 5) is 15.1. The Morgan fingerprint density at radius 3 is 2.43 bits per heavy atom. The van der Waals surface area contributed by atoms with Crippen LogP contribution in [0.5, 0.6) is 0 Å². The highest BCUT2D eigenvalue weighted by Crippen LogP contribution is 2.19. The second-order valence-electron chi connectivity index (χ2n) is 5.24. The van der Waals surface area contributed by atoms with Crippen LogP contribution < -0.4 is 10.6 Å². The van der Waals surface area contributed by atoms with Crippen molar-refractivity contribution in [3.8, 4) is 0 Å². The molecule has 6 heteroatoms. The van der Waals surface area contributed by atoms with Gasteiger partial charge in [0.25, 0.3) is 0 Å². The Kier molecular flexibility index (Phi) is 9.61. The average molecular weight is 299 g/mol. The summed E-state index contributed by atoms with van der Waals surface area (Å²) in [7, 11) is 3.10. The van der Waals surface area contributed by atoms with Crippen molar-refractivity contribution in [3.63, 3.8) is 0 Å². The van der Waals surface area contributed by atoms with E-state index in [1.807, 2.05) is 0 Å². The van der Waals surface area contributed by atoms with Crippen LogP contribution in [0.2, 0.25) is 0 Å².